The van der Waals surface area contributed by atoms with Crippen LogP contribution in [0.5, 0.6) is 0 Å². The zero-order valence-electron chi connectivity index (χ0n) is 29.6. The molecule has 2 fully saturated rings. The van der Waals surface area contributed by atoms with Crippen LogP contribution in [0.2, 0.25) is 0 Å². The lowest BCUT2D eigenvalue weighted by Gasteiger charge is -2.45. The summed E-state index contributed by atoms with van der Waals surface area (Å²) in [7, 11) is 1.98. The first kappa shape index (κ1) is 41.0. The van der Waals surface area contributed by atoms with Crippen LogP contribution in [0.4, 0.5) is 0 Å². The van der Waals surface area contributed by atoms with E-state index in [9.17, 15) is 19.8 Å². The Morgan fingerprint density at radius 1 is 0.978 bits per heavy atom. The normalized spacial score (nSPS) is 24.1. The number of hydrogen-bond acceptors (Lipinski definition) is 6. The first-order valence-corrected chi connectivity index (χ1v) is 19.4. The van der Waals surface area contributed by atoms with Crippen LogP contribution in [0.15, 0.2) is 24.3 Å². The van der Waals surface area contributed by atoms with Gasteiger partial charge in [-0.05, 0) is 82.7 Å². The standard InChI is InChI=1S/C39H68ClNO5/c1-4-6-7-8-9-10-11-12-13-14-15-19-28-41(3)35(38(45)46-30-29-42)24-18-16-17-22-32-33(36(43)31-34(32)40)23-20-25-37(44)39(5-2)26-21-27-39/h16-17,20,23,29,32-37,43-44H,4-15,18-19,21-22,24-28,30-31H2,1-3H3/t32-,33-,34-,35?,36-,37+/m1/s1. The molecule has 0 saturated heterocycles. The predicted molar refractivity (Wildman–Crippen MR) is 191 cm³/mol. The van der Waals surface area contributed by atoms with Crippen LogP contribution >= 0.6 is 11.6 Å². The van der Waals surface area contributed by atoms with Crippen molar-refractivity contribution in [2.45, 2.75) is 172 Å². The van der Waals surface area contributed by atoms with Gasteiger partial charge in [-0.3, -0.25) is 14.5 Å². The number of allylic oxidation sites excluding steroid dienone is 2. The van der Waals surface area contributed by atoms with Crippen LogP contribution in [-0.4, -0.2) is 71.2 Å². The van der Waals surface area contributed by atoms with Gasteiger partial charge in [0.05, 0.1) is 12.2 Å². The molecule has 7 heteroatoms. The molecule has 2 N–H and O–H groups in total. The van der Waals surface area contributed by atoms with E-state index in [1.165, 1.54) is 70.6 Å². The molecule has 2 saturated carbocycles. The highest BCUT2D eigenvalue weighted by Gasteiger charge is 2.42. The molecule has 0 aliphatic heterocycles. The fourth-order valence-corrected chi connectivity index (χ4v) is 8.00. The topological polar surface area (TPSA) is 87.1 Å². The molecule has 0 amide bonds. The summed E-state index contributed by atoms with van der Waals surface area (Å²) in [6.45, 7) is 5.06. The molecule has 0 spiro atoms. The fraction of sp³-hybridized carbons (Fsp3) is 0.846. The molecule has 0 aromatic carbocycles. The van der Waals surface area contributed by atoms with Gasteiger partial charge in [0.1, 0.15) is 12.6 Å². The van der Waals surface area contributed by atoms with Crippen molar-refractivity contribution in [3.8, 4) is 0 Å². The summed E-state index contributed by atoms with van der Waals surface area (Å²) in [6.07, 6.45) is 31.5. The molecule has 2 rings (SSSR count). The number of nitrogens with zero attached hydrogens (tertiary/aromatic N) is 1. The van der Waals surface area contributed by atoms with E-state index in [4.69, 9.17) is 16.3 Å². The van der Waals surface area contributed by atoms with Gasteiger partial charge in [-0.1, -0.05) is 115 Å². The highest BCUT2D eigenvalue weighted by atomic mass is 35.5. The molecule has 0 aromatic rings. The van der Waals surface area contributed by atoms with Crippen molar-refractivity contribution in [1.29, 1.82) is 0 Å². The smallest absolute Gasteiger partial charge is 0.323 e. The second-order valence-corrected chi connectivity index (χ2v) is 14.8. The minimum atomic E-state index is -0.468. The number of esters is 1. The molecule has 0 bridgehead atoms. The van der Waals surface area contributed by atoms with Gasteiger partial charge >= 0.3 is 5.97 Å². The van der Waals surface area contributed by atoms with E-state index in [0.29, 0.717) is 25.5 Å². The van der Waals surface area contributed by atoms with Crippen LogP contribution < -0.4 is 0 Å². The summed E-state index contributed by atoms with van der Waals surface area (Å²) in [4.78, 5) is 25.7. The van der Waals surface area contributed by atoms with Crippen LogP contribution in [0.3, 0.4) is 0 Å². The number of aliphatic hydroxyl groups is 2. The minimum Gasteiger partial charge on any atom is -0.457 e. The lowest BCUT2D eigenvalue weighted by molar-refractivity contribution is -0.151. The zero-order chi connectivity index (χ0) is 33.6. The maximum Gasteiger partial charge on any atom is 0.323 e. The fourth-order valence-electron chi connectivity index (χ4n) is 7.55. The molecule has 2 aliphatic rings. The molecular formula is C39H68ClNO5. The van der Waals surface area contributed by atoms with Crippen molar-refractivity contribution in [1.82, 2.24) is 4.90 Å². The third kappa shape index (κ3) is 14.5. The first-order valence-electron chi connectivity index (χ1n) is 18.9. The predicted octanol–water partition coefficient (Wildman–Crippen LogP) is 8.95. The van der Waals surface area contributed by atoms with Gasteiger partial charge in [0.2, 0.25) is 0 Å². The summed E-state index contributed by atoms with van der Waals surface area (Å²) in [5, 5.41) is 21.4. The van der Waals surface area contributed by atoms with E-state index in [1.807, 2.05) is 7.05 Å². The van der Waals surface area contributed by atoms with Gasteiger partial charge in [0.15, 0.2) is 6.29 Å². The second-order valence-electron chi connectivity index (χ2n) is 14.3. The number of halogens is 1. The molecule has 0 heterocycles. The Hall–Kier alpha value is -1.21. The summed E-state index contributed by atoms with van der Waals surface area (Å²) >= 11 is 6.68. The van der Waals surface area contributed by atoms with E-state index in [0.717, 1.165) is 51.5 Å². The van der Waals surface area contributed by atoms with Gasteiger partial charge in [-0.2, -0.15) is 0 Å². The average Bonchev–Trinajstić information content (AvgIpc) is 3.28. The molecule has 0 radical (unpaired) electrons. The minimum absolute atomic E-state index is 0.0222. The molecule has 0 aromatic heterocycles. The Morgan fingerprint density at radius 3 is 2.17 bits per heavy atom. The molecule has 2 aliphatic carbocycles. The quantitative estimate of drug-likeness (QED) is 0.0299. The van der Waals surface area contributed by atoms with Crippen LogP contribution in [0, 0.1) is 17.3 Å². The number of rotatable bonds is 27. The van der Waals surface area contributed by atoms with Crippen LogP contribution in [0.25, 0.3) is 0 Å². The number of alkyl halides is 1. The lowest BCUT2D eigenvalue weighted by Crippen LogP contribution is -2.40. The third-order valence-corrected chi connectivity index (χ3v) is 11.5. The Kier molecular flexibility index (Phi) is 21.4. The van der Waals surface area contributed by atoms with Gasteiger partial charge in [-0.25, -0.2) is 0 Å². The summed E-state index contributed by atoms with van der Waals surface area (Å²) in [5.74, 6) is -0.223. The molecule has 6 atom stereocenters. The Balaban J connectivity index is 1.74. The highest BCUT2D eigenvalue weighted by Crippen LogP contribution is 2.48. The Labute approximate surface area is 286 Å². The van der Waals surface area contributed by atoms with Crippen molar-refractivity contribution in [2.75, 3.05) is 20.2 Å². The number of likely N-dealkylation sites (N-methyl/N-ethyl adjacent to an activating group) is 1. The number of carbonyl (C=O) groups excluding carboxylic acids is 2. The number of ether oxygens (including phenoxy) is 1. The summed E-state index contributed by atoms with van der Waals surface area (Å²) < 4.78 is 5.22. The monoisotopic (exact) mass is 665 g/mol. The van der Waals surface area contributed by atoms with E-state index in [1.54, 1.807) is 0 Å². The van der Waals surface area contributed by atoms with Crippen molar-refractivity contribution in [3.05, 3.63) is 24.3 Å². The Bertz CT molecular complexity index is 869. The maximum absolute atomic E-state index is 12.8. The number of carbonyl (C=O) groups is 2. The van der Waals surface area contributed by atoms with Crippen molar-refractivity contribution in [2.24, 2.45) is 17.3 Å². The summed E-state index contributed by atoms with van der Waals surface area (Å²) in [5.41, 5.74) is 0.0774. The molecule has 1 unspecified atom stereocenters. The Morgan fingerprint density at radius 2 is 1.61 bits per heavy atom. The maximum atomic E-state index is 12.8. The SMILES string of the molecule is CCCCCCCCCCCCCCN(C)C(CCC=CC[C@@H]1[C@@H](C=CC[C@H](O)C2(CC)CCC2)[C@H](O)C[C@H]1Cl)C(=O)OCC=O. The van der Waals surface area contributed by atoms with Crippen LogP contribution in [0.1, 0.15) is 149 Å². The average molecular weight is 666 g/mol. The first-order chi connectivity index (χ1) is 22.3. The number of aldehydes is 1. The van der Waals surface area contributed by atoms with Crippen molar-refractivity contribution < 1.29 is 24.5 Å². The molecule has 266 valence electrons. The van der Waals surface area contributed by atoms with E-state index in [-0.39, 0.29) is 47.3 Å². The van der Waals surface area contributed by atoms with E-state index < -0.39 is 6.10 Å². The molecule has 6 nitrogen and oxygen atoms in total. The van der Waals surface area contributed by atoms with E-state index >= 15 is 0 Å². The largest absolute Gasteiger partial charge is 0.457 e. The third-order valence-electron chi connectivity index (χ3n) is 11.0. The van der Waals surface area contributed by atoms with Crippen molar-refractivity contribution >= 4 is 23.9 Å². The zero-order valence-corrected chi connectivity index (χ0v) is 30.3. The molecular weight excluding hydrogens is 598 g/mol. The second kappa shape index (κ2) is 24.0. The highest BCUT2D eigenvalue weighted by molar-refractivity contribution is 6.21. The van der Waals surface area contributed by atoms with Gasteiger partial charge in [0, 0.05) is 11.3 Å². The molecule has 46 heavy (non-hydrogen) atoms. The lowest BCUT2D eigenvalue weighted by atomic mass is 9.63. The summed E-state index contributed by atoms with van der Waals surface area (Å²) in [6, 6.07) is -0.379. The number of unbranched alkanes of at least 4 members (excludes halogenated alkanes) is 11. The van der Waals surface area contributed by atoms with Crippen LogP contribution in [-0.2, 0) is 14.3 Å². The van der Waals surface area contributed by atoms with Gasteiger partial charge in [0.25, 0.3) is 0 Å². The number of hydrogen-bond donors (Lipinski definition) is 2. The van der Waals surface area contributed by atoms with Crippen molar-refractivity contribution in [3.63, 3.8) is 0 Å². The van der Waals surface area contributed by atoms with E-state index in [2.05, 4.69) is 43.1 Å². The van der Waals surface area contributed by atoms with Gasteiger partial charge in [-0.15, -0.1) is 11.6 Å². The number of aliphatic hydroxyl groups excluding tert-OH is 2. The van der Waals surface area contributed by atoms with Gasteiger partial charge < -0.3 is 14.9 Å².